The molecule has 1 saturated carbocycles. The lowest BCUT2D eigenvalue weighted by Gasteiger charge is -2.45. The summed E-state index contributed by atoms with van der Waals surface area (Å²) in [6.07, 6.45) is 8.20. The lowest BCUT2D eigenvalue weighted by atomic mass is 9.68. The maximum Gasteiger partial charge on any atom is 0.254 e. The third kappa shape index (κ3) is 8.35. The average Bonchev–Trinajstić information content (AvgIpc) is 3.42. The summed E-state index contributed by atoms with van der Waals surface area (Å²) in [6.45, 7) is 5.14. The van der Waals surface area contributed by atoms with Gasteiger partial charge in [0.15, 0.2) is 0 Å². The highest BCUT2D eigenvalue weighted by molar-refractivity contribution is 7.75. The summed E-state index contributed by atoms with van der Waals surface area (Å²) in [7, 11) is 4.37. The second-order valence-corrected chi connectivity index (χ2v) is 16.1. The summed E-state index contributed by atoms with van der Waals surface area (Å²) in [5.74, 6) is 1.74. The lowest BCUT2D eigenvalue weighted by molar-refractivity contribution is -0.0447. The summed E-state index contributed by atoms with van der Waals surface area (Å²) in [5.41, 5.74) is 3.81. The quantitative estimate of drug-likeness (QED) is 0.316. The van der Waals surface area contributed by atoms with Gasteiger partial charge in [-0.05, 0) is 137 Å². The second kappa shape index (κ2) is 15.6. The number of benzene rings is 2. The highest BCUT2D eigenvalue weighted by atomic mass is 35.5. The first-order chi connectivity index (χ1) is 22.7. The predicted octanol–water partition coefficient (Wildman–Crippen LogP) is 7.16. The van der Waals surface area contributed by atoms with E-state index in [4.69, 9.17) is 25.8 Å². The van der Waals surface area contributed by atoms with Gasteiger partial charge in [-0.2, -0.15) is 10.6 Å². The number of halogens is 1. The van der Waals surface area contributed by atoms with Gasteiger partial charge in [-0.1, -0.05) is 30.3 Å². The summed E-state index contributed by atoms with van der Waals surface area (Å²) >= 11 is 6.47. The number of carbonyl (C=O) groups is 1. The predicted molar refractivity (Wildman–Crippen MR) is 188 cm³/mol. The third-order valence-electron chi connectivity index (χ3n) is 10.8. The topological polar surface area (TPSA) is 80.7 Å². The second-order valence-electron chi connectivity index (χ2n) is 14.5. The van der Waals surface area contributed by atoms with Crippen LogP contribution in [0.1, 0.15) is 73.4 Å². The van der Waals surface area contributed by atoms with E-state index in [2.05, 4.69) is 47.3 Å². The zero-order chi connectivity index (χ0) is 33.1. The Bertz CT molecular complexity index is 1500. The Morgan fingerprint density at radius 3 is 2.70 bits per heavy atom. The van der Waals surface area contributed by atoms with Crippen molar-refractivity contribution < 1.29 is 23.2 Å². The number of aryl methyl sites for hydroxylation is 1. The van der Waals surface area contributed by atoms with Crippen molar-refractivity contribution in [2.45, 2.75) is 83.1 Å². The van der Waals surface area contributed by atoms with Crippen molar-refractivity contribution in [3.05, 3.63) is 58.1 Å². The van der Waals surface area contributed by atoms with E-state index in [0.29, 0.717) is 36.5 Å². The maximum absolute atomic E-state index is 13.5. The highest BCUT2D eigenvalue weighted by Gasteiger charge is 2.44. The van der Waals surface area contributed by atoms with Crippen molar-refractivity contribution in [2.24, 2.45) is 28.0 Å². The number of methoxy groups -OCH3 is 1. The minimum absolute atomic E-state index is 0.00535. The number of hydrogen-bond acceptors (Lipinski definition) is 8. The molecule has 3 heterocycles. The number of fused-ring (bicyclic) bond motifs is 4. The molecule has 6 rings (SSSR count). The molecular weight excluding hydrogens is 634 g/mol. The van der Waals surface area contributed by atoms with Crippen molar-refractivity contribution in [1.29, 1.82) is 0 Å². The van der Waals surface area contributed by atoms with E-state index in [1.807, 2.05) is 25.3 Å². The molecule has 258 valence electrons. The number of nitrogens with zero attached hydrogens (tertiary/aromatic N) is 3. The van der Waals surface area contributed by atoms with Gasteiger partial charge in [-0.3, -0.25) is 4.79 Å². The molecule has 3 aliphatic heterocycles. The van der Waals surface area contributed by atoms with Crippen molar-refractivity contribution in [2.75, 3.05) is 51.6 Å². The van der Waals surface area contributed by atoms with Gasteiger partial charge >= 0.3 is 0 Å². The Hall–Kier alpha value is -2.17. The van der Waals surface area contributed by atoms with Crippen molar-refractivity contribution >= 4 is 33.8 Å². The summed E-state index contributed by atoms with van der Waals surface area (Å²) in [6, 6.07) is 11.8. The van der Waals surface area contributed by atoms with Gasteiger partial charge < -0.3 is 32.6 Å². The molecule has 2 aromatic rings. The van der Waals surface area contributed by atoms with Crippen LogP contribution in [-0.4, -0.2) is 75.8 Å². The van der Waals surface area contributed by atoms with E-state index < -0.39 is 16.5 Å². The Labute approximate surface area is 287 Å². The normalized spacial score (nSPS) is 30.6. The fraction of sp³-hybridized carbons (Fsp3) is 0.649. The fourth-order valence-corrected chi connectivity index (χ4v) is 9.37. The average molecular weight is 685 g/mol. The van der Waals surface area contributed by atoms with E-state index in [1.165, 1.54) is 11.1 Å². The van der Waals surface area contributed by atoms with Gasteiger partial charge in [-0.15, -0.1) is 0 Å². The number of anilines is 1. The standard InChI is InChI=1S/C37H51ClN3O5S/c1-24-23-47(43)39-37(42)26-10-13-34-33(19-26)41(21-27-8-11-30(38)17-25(27)7-5-6-16-45-34)22-28-9-12-32(28)35(44-4)20-29-18-31(46-36(24)29)14-15-40(2)3/h8,10-11,13,17,19,24,28-29,31-32,35-36H,5-7,9,12,14-16,18,20-23H2,1-4H3/q-1/t24-,28+,29-,31-,32-,35+,36-/m1/s1. The zero-order valence-corrected chi connectivity index (χ0v) is 29.9. The minimum atomic E-state index is -1.68. The maximum atomic E-state index is 13.5. The zero-order valence-electron chi connectivity index (χ0n) is 28.4. The molecule has 0 N–H and O–H groups in total. The molecule has 2 bridgehead atoms. The lowest BCUT2D eigenvalue weighted by Crippen LogP contribution is -2.45. The van der Waals surface area contributed by atoms with Crippen LogP contribution in [0.5, 0.6) is 5.75 Å². The van der Waals surface area contributed by atoms with Crippen LogP contribution in [0.4, 0.5) is 5.69 Å². The Balaban J connectivity index is 1.38. The molecule has 0 aromatic heterocycles. The van der Waals surface area contributed by atoms with Gasteiger partial charge in [0.25, 0.3) is 5.91 Å². The molecule has 1 amide bonds. The van der Waals surface area contributed by atoms with Crippen LogP contribution in [0.25, 0.3) is 0 Å². The first kappa shape index (κ1) is 34.7. The highest BCUT2D eigenvalue weighted by Crippen LogP contribution is 2.45. The van der Waals surface area contributed by atoms with Gasteiger partial charge in [0.2, 0.25) is 0 Å². The Kier molecular flexibility index (Phi) is 11.5. The molecule has 8 nitrogen and oxygen atoms in total. The SMILES string of the molecule is CO[C@H]1C[C@H]2C[C@@H](CCN(C)C)O[C@@H]2[C@H](C)C[S-](=O)=NC(=O)c2ccc3c(c2)N(Cc2ccc(Cl)cc2CCCCO3)C[C@@H]2CC[C@H]21. The Morgan fingerprint density at radius 1 is 1.09 bits per heavy atom. The monoisotopic (exact) mass is 684 g/mol. The van der Waals surface area contributed by atoms with Crippen LogP contribution >= 0.6 is 11.6 Å². The van der Waals surface area contributed by atoms with Gasteiger partial charge in [0, 0.05) is 30.8 Å². The van der Waals surface area contributed by atoms with Crippen molar-refractivity contribution in [3.63, 3.8) is 0 Å². The van der Waals surface area contributed by atoms with Crippen LogP contribution in [0.3, 0.4) is 0 Å². The molecule has 0 spiro atoms. The number of hydrogen-bond donors (Lipinski definition) is 0. The molecule has 1 aliphatic carbocycles. The molecule has 1 saturated heterocycles. The van der Waals surface area contributed by atoms with Crippen LogP contribution in [-0.2, 0) is 37.2 Å². The van der Waals surface area contributed by atoms with Crippen LogP contribution in [0.15, 0.2) is 40.8 Å². The van der Waals surface area contributed by atoms with E-state index in [1.54, 1.807) is 6.07 Å². The number of rotatable bonds is 4. The molecule has 0 unspecified atom stereocenters. The van der Waals surface area contributed by atoms with E-state index >= 15 is 0 Å². The van der Waals surface area contributed by atoms with E-state index in [-0.39, 0.29) is 30.0 Å². The Morgan fingerprint density at radius 2 is 1.94 bits per heavy atom. The van der Waals surface area contributed by atoms with Gasteiger partial charge in [0.1, 0.15) is 5.75 Å². The summed E-state index contributed by atoms with van der Waals surface area (Å²) in [5, 5.41) is 0.750. The largest absolute Gasteiger partial charge is 0.491 e. The number of amides is 1. The summed E-state index contributed by atoms with van der Waals surface area (Å²) in [4.78, 5) is 18.1. The van der Waals surface area contributed by atoms with E-state index in [9.17, 15) is 9.00 Å². The number of carbonyl (C=O) groups excluding carboxylic acids is 1. The van der Waals surface area contributed by atoms with Crippen LogP contribution < -0.4 is 9.64 Å². The third-order valence-corrected chi connectivity index (χ3v) is 12.3. The molecular formula is C37H51ClN3O5S-. The molecule has 47 heavy (non-hydrogen) atoms. The molecule has 7 atom stereocenters. The molecule has 0 radical (unpaired) electrons. The van der Waals surface area contributed by atoms with Crippen LogP contribution in [0, 0.1) is 23.7 Å². The van der Waals surface area contributed by atoms with Crippen LogP contribution in [0.2, 0.25) is 5.02 Å². The molecule has 2 aromatic carbocycles. The smallest absolute Gasteiger partial charge is 0.254 e. The summed E-state index contributed by atoms with van der Waals surface area (Å²) < 4.78 is 37.0. The molecule has 10 heteroatoms. The number of ether oxygens (including phenoxy) is 3. The minimum Gasteiger partial charge on any atom is -0.491 e. The van der Waals surface area contributed by atoms with Crippen molar-refractivity contribution in [3.8, 4) is 5.75 Å². The molecule has 4 aliphatic rings. The van der Waals surface area contributed by atoms with Gasteiger partial charge in [-0.25, -0.2) is 0 Å². The first-order valence-electron chi connectivity index (χ1n) is 17.4. The van der Waals surface area contributed by atoms with Crippen molar-refractivity contribution in [1.82, 2.24) is 4.90 Å². The first-order valence-corrected chi connectivity index (χ1v) is 19.1. The fourth-order valence-electron chi connectivity index (χ4n) is 8.17. The molecule has 2 fully saturated rings. The van der Waals surface area contributed by atoms with Gasteiger partial charge in [0.05, 0.1) is 30.6 Å². The van der Waals surface area contributed by atoms with E-state index in [0.717, 1.165) is 80.9 Å².